The number of aliphatic hydroxyl groups is 3. The zero-order chi connectivity index (χ0) is 24.9. The topological polar surface area (TPSA) is 77.8 Å². The number of fused-ring (bicyclic) bond motifs is 1. The molecule has 0 heterocycles. The fourth-order valence-corrected chi connectivity index (χ4v) is 7.56. The van der Waals surface area contributed by atoms with Crippen molar-refractivity contribution in [2.24, 2.45) is 28.1 Å². The molecule has 3 N–H and O–H groups in total. The van der Waals surface area contributed by atoms with Gasteiger partial charge in [0.05, 0.1) is 23.7 Å². The molecule has 0 amide bonds. The van der Waals surface area contributed by atoms with Gasteiger partial charge in [-0.25, -0.2) is 0 Å². The largest absolute Gasteiger partial charge is 0.393 e. The third-order valence-corrected chi connectivity index (χ3v) is 9.89. The summed E-state index contributed by atoms with van der Waals surface area (Å²) in [4.78, 5) is 12.0. The maximum absolute atomic E-state index is 12.0. The van der Waals surface area contributed by atoms with Gasteiger partial charge in [-0.15, -0.1) is 0 Å². The Hall–Kier alpha value is -1.49. The molecule has 34 heavy (non-hydrogen) atoms. The molecule has 0 radical (unpaired) electrons. The van der Waals surface area contributed by atoms with E-state index in [1.807, 2.05) is 6.08 Å². The van der Waals surface area contributed by atoms with E-state index in [1.165, 1.54) is 24.8 Å². The van der Waals surface area contributed by atoms with E-state index in [2.05, 4.69) is 45.6 Å². The summed E-state index contributed by atoms with van der Waals surface area (Å²) < 4.78 is 0. The molecule has 188 valence electrons. The lowest BCUT2D eigenvalue weighted by molar-refractivity contribution is -0.124. The molecule has 4 aliphatic rings. The van der Waals surface area contributed by atoms with Gasteiger partial charge in [0.1, 0.15) is 5.78 Å². The molecule has 4 saturated carbocycles. The minimum absolute atomic E-state index is 0.0653. The van der Waals surface area contributed by atoms with Gasteiger partial charge in [0.2, 0.25) is 0 Å². The Morgan fingerprint density at radius 1 is 1.18 bits per heavy atom. The normalized spacial score (nSPS) is 39.0. The first kappa shape index (κ1) is 25.6. The summed E-state index contributed by atoms with van der Waals surface area (Å²) in [5.74, 6) is 1.14. The first-order valence-electron chi connectivity index (χ1n) is 13.2. The van der Waals surface area contributed by atoms with Crippen LogP contribution in [0.2, 0.25) is 0 Å². The van der Waals surface area contributed by atoms with Gasteiger partial charge in [0, 0.05) is 6.42 Å². The highest BCUT2D eigenvalue weighted by molar-refractivity contribution is 5.86. The van der Waals surface area contributed by atoms with Gasteiger partial charge in [-0.2, -0.15) is 0 Å². The van der Waals surface area contributed by atoms with Crippen LogP contribution in [0.1, 0.15) is 85.5 Å². The molecule has 0 aromatic carbocycles. The van der Waals surface area contributed by atoms with Crippen LogP contribution in [0.25, 0.3) is 0 Å². The summed E-state index contributed by atoms with van der Waals surface area (Å²) in [6.45, 7) is 12.7. The van der Waals surface area contributed by atoms with Crippen LogP contribution < -0.4 is 0 Å². The highest BCUT2D eigenvalue weighted by Crippen LogP contribution is 2.62. The number of aliphatic hydroxyl groups excluding tert-OH is 3. The molecule has 0 bridgehead atoms. The first-order valence-corrected chi connectivity index (χ1v) is 13.2. The zero-order valence-corrected chi connectivity index (χ0v) is 21.5. The second-order valence-electron chi connectivity index (χ2n) is 12.4. The third-order valence-electron chi connectivity index (χ3n) is 9.89. The van der Waals surface area contributed by atoms with E-state index in [0.717, 1.165) is 36.8 Å². The quantitative estimate of drug-likeness (QED) is 0.454. The van der Waals surface area contributed by atoms with Crippen molar-refractivity contribution in [3.05, 3.63) is 47.6 Å². The van der Waals surface area contributed by atoms with Gasteiger partial charge >= 0.3 is 0 Å². The van der Waals surface area contributed by atoms with Crippen molar-refractivity contribution in [3.63, 3.8) is 0 Å². The Morgan fingerprint density at radius 2 is 1.88 bits per heavy atom. The summed E-state index contributed by atoms with van der Waals surface area (Å²) >= 11 is 0. The number of hydrogen-bond acceptors (Lipinski definition) is 4. The van der Waals surface area contributed by atoms with Crippen molar-refractivity contribution in [1.82, 2.24) is 0 Å². The minimum Gasteiger partial charge on any atom is -0.393 e. The molecule has 0 aliphatic heterocycles. The third kappa shape index (κ3) is 4.54. The number of ketones is 1. The van der Waals surface area contributed by atoms with E-state index in [0.29, 0.717) is 24.7 Å². The van der Waals surface area contributed by atoms with Gasteiger partial charge in [-0.05, 0) is 92.1 Å². The number of hydrogen-bond donors (Lipinski definition) is 3. The van der Waals surface area contributed by atoms with Crippen molar-refractivity contribution < 1.29 is 20.1 Å². The Morgan fingerprint density at radius 3 is 2.53 bits per heavy atom. The van der Waals surface area contributed by atoms with Crippen molar-refractivity contribution in [2.75, 3.05) is 0 Å². The van der Waals surface area contributed by atoms with Crippen LogP contribution in [0.4, 0.5) is 0 Å². The highest BCUT2D eigenvalue weighted by Gasteiger charge is 2.54. The van der Waals surface area contributed by atoms with Gasteiger partial charge < -0.3 is 15.3 Å². The number of carbonyl (C=O) groups is 1. The van der Waals surface area contributed by atoms with Crippen LogP contribution in [0, 0.1) is 28.1 Å². The summed E-state index contributed by atoms with van der Waals surface area (Å²) in [5.41, 5.74) is 2.80. The molecule has 0 aromatic rings. The molecule has 4 fully saturated rings. The maximum atomic E-state index is 12.0. The van der Waals surface area contributed by atoms with E-state index in [1.54, 1.807) is 6.92 Å². The average Bonchev–Trinajstić information content (AvgIpc) is 3.50. The molecule has 0 saturated heterocycles. The minimum atomic E-state index is -0.683. The summed E-state index contributed by atoms with van der Waals surface area (Å²) in [5, 5.41) is 31.0. The zero-order valence-electron chi connectivity index (χ0n) is 21.5. The van der Waals surface area contributed by atoms with Gasteiger partial charge in [0.25, 0.3) is 0 Å². The maximum Gasteiger partial charge on any atom is 0.138 e. The van der Waals surface area contributed by atoms with Crippen LogP contribution >= 0.6 is 0 Å². The molecule has 0 aromatic heterocycles. The second kappa shape index (κ2) is 9.19. The molecular formula is C30H44O4. The molecule has 4 nitrogen and oxygen atoms in total. The monoisotopic (exact) mass is 468 g/mol. The van der Waals surface area contributed by atoms with E-state index in [9.17, 15) is 20.1 Å². The van der Waals surface area contributed by atoms with Crippen molar-refractivity contribution in [3.8, 4) is 0 Å². The van der Waals surface area contributed by atoms with Gasteiger partial charge in [-0.3, -0.25) is 4.79 Å². The highest BCUT2D eigenvalue weighted by atomic mass is 16.3. The number of carbonyl (C=O) groups excluding carboxylic acids is 1. The van der Waals surface area contributed by atoms with Gasteiger partial charge in [0.15, 0.2) is 0 Å². The van der Waals surface area contributed by atoms with Crippen LogP contribution in [-0.2, 0) is 4.79 Å². The fourth-order valence-electron chi connectivity index (χ4n) is 7.56. The lowest BCUT2D eigenvalue weighted by atomic mass is 9.57. The molecule has 0 spiro atoms. The standard InChI is InChI=1S/C30H44O4/c1-19-22(17-23(32)18-25(19)33)9-8-21-7-6-13-29(5)24(21)10-11-26(29)28(3,4)14-12-27(34)30(15-16-30)20(2)31/h8-9,12,14,23-27,32-34H,1,6-7,10-11,13,15-18H2,2-5H3/t23-,24+,25+,26-,27-,29+/m1/s1. The van der Waals surface area contributed by atoms with Crippen LogP contribution in [0.15, 0.2) is 47.6 Å². The number of allylic oxidation sites excluding steroid dienone is 4. The van der Waals surface area contributed by atoms with Crippen LogP contribution in [0.5, 0.6) is 0 Å². The lowest BCUT2D eigenvalue weighted by Crippen LogP contribution is -2.39. The van der Waals surface area contributed by atoms with Crippen molar-refractivity contribution in [1.29, 1.82) is 0 Å². The molecule has 4 rings (SSSR count). The molecule has 6 atom stereocenters. The number of Topliss-reactive ketones (excluding diaryl/α,β-unsaturated/α-hetero) is 1. The van der Waals surface area contributed by atoms with E-state index in [4.69, 9.17) is 0 Å². The van der Waals surface area contributed by atoms with E-state index >= 15 is 0 Å². The first-order chi connectivity index (χ1) is 15.9. The molecule has 4 aliphatic carbocycles. The Bertz CT molecular complexity index is 918. The molecule has 0 unspecified atom stereocenters. The Balaban J connectivity index is 1.52. The van der Waals surface area contributed by atoms with Crippen LogP contribution in [-0.4, -0.2) is 39.4 Å². The second-order valence-corrected chi connectivity index (χ2v) is 12.4. The number of rotatable bonds is 6. The van der Waals surface area contributed by atoms with E-state index < -0.39 is 23.7 Å². The lowest BCUT2D eigenvalue weighted by Gasteiger charge is -2.47. The Labute approximate surface area is 205 Å². The molecular weight excluding hydrogens is 424 g/mol. The van der Waals surface area contributed by atoms with Crippen molar-refractivity contribution in [2.45, 2.75) is 104 Å². The van der Waals surface area contributed by atoms with Crippen LogP contribution in [0.3, 0.4) is 0 Å². The molecule has 4 heteroatoms. The Kier molecular flexibility index (Phi) is 6.92. The summed E-state index contributed by atoms with van der Waals surface area (Å²) in [6, 6.07) is 0. The predicted molar refractivity (Wildman–Crippen MR) is 136 cm³/mol. The predicted octanol–water partition coefficient (Wildman–Crippen LogP) is 5.44. The summed E-state index contributed by atoms with van der Waals surface area (Å²) in [6.07, 6.45) is 14.9. The summed E-state index contributed by atoms with van der Waals surface area (Å²) in [7, 11) is 0. The SMILES string of the molecule is C=C1C(=CC=C2CCC[C@]3(C)[C@@H](C(C)(C)C=C[C@@H](O)C4(C(C)=O)CC4)CC[C@@H]23)C[C@@H](O)C[C@@H]1O. The van der Waals surface area contributed by atoms with Crippen molar-refractivity contribution >= 4 is 5.78 Å². The smallest absolute Gasteiger partial charge is 0.138 e. The van der Waals surface area contributed by atoms with E-state index in [-0.39, 0.29) is 16.6 Å². The fraction of sp³-hybridized carbons (Fsp3) is 0.700. The average molecular weight is 469 g/mol. The van der Waals surface area contributed by atoms with Gasteiger partial charge in [-0.1, -0.05) is 57.2 Å².